The summed E-state index contributed by atoms with van der Waals surface area (Å²) < 4.78 is 10.5. The van der Waals surface area contributed by atoms with Crippen LogP contribution in [0.25, 0.3) is 0 Å². The van der Waals surface area contributed by atoms with Gasteiger partial charge in [0.25, 0.3) is 0 Å². The fourth-order valence-corrected chi connectivity index (χ4v) is 0.902. The quantitative estimate of drug-likeness (QED) is 0.458. The molecule has 0 atom stereocenters. The maximum atomic E-state index is 5.43. The third-order valence-corrected chi connectivity index (χ3v) is 1.53. The van der Waals surface area contributed by atoms with Gasteiger partial charge in [-0.3, -0.25) is 0 Å². The Balaban J connectivity index is 2.84. The molecule has 0 aliphatic rings. The second-order valence-electron chi connectivity index (χ2n) is 2.97. The molecule has 0 unspecified atom stereocenters. The lowest BCUT2D eigenvalue weighted by molar-refractivity contribution is 0.0788. The van der Waals surface area contributed by atoms with E-state index in [9.17, 15) is 0 Å². The molecule has 1 N–H and O–H groups in total. The van der Waals surface area contributed by atoms with Crippen LogP contribution in [0.2, 0.25) is 0 Å². The van der Waals surface area contributed by atoms with Gasteiger partial charge in [-0.2, -0.15) is 0 Å². The molecule has 3 nitrogen and oxygen atoms in total. The SMILES string of the molecule is CC(C)OCCNCCOCCCl. The zero-order valence-corrected chi connectivity index (χ0v) is 9.27. The van der Waals surface area contributed by atoms with Crippen molar-refractivity contribution in [3.8, 4) is 0 Å². The molecule has 0 radical (unpaired) electrons. The van der Waals surface area contributed by atoms with Gasteiger partial charge in [-0.25, -0.2) is 0 Å². The van der Waals surface area contributed by atoms with Crippen LogP contribution in [0.3, 0.4) is 0 Å². The molecule has 0 heterocycles. The number of hydrogen-bond acceptors (Lipinski definition) is 3. The van der Waals surface area contributed by atoms with E-state index in [0.717, 1.165) is 19.7 Å². The Kier molecular flexibility index (Phi) is 10.4. The second-order valence-corrected chi connectivity index (χ2v) is 3.35. The average Bonchev–Trinajstić information content (AvgIpc) is 2.09. The summed E-state index contributed by atoms with van der Waals surface area (Å²) in [4.78, 5) is 0. The Bertz CT molecular complexity index is 102. The normalized spacial score (nSPS) is 11.1. The highest BCUT2D eigenvalue weighted by molar-refractivity contribution is 6.17. The Morgan fingerprint density at radius 1 is 1.15 bits per heavy atom. The minimum Gasteiger partial charge on any atom is -0.379 e. The van der Waals surface area contributed by atoms with Gasteiger partial charge < -0.3 is 14.8 Å². The first-order valence-electron chi connectivity index (χ1n) is 4.73. The highest BCUT2D eigenvalue weighted by Gasteiger charge is 1.92. The summed E-state index contributed by atoms with van der Waals surface area (Å²) in [5.41, 5.74) is 0. The fraction of sp³-hybridized carbons (Fsp3) is 1.00. The molecule has 0 bridgehead atoms. The van der Waals surface area contributed by atoms with Crippen molar-refractivity contribution in [3.05, 3.63) is 0 Å². The number of alkyl halides is 1. The Morgan fingerprint density at radius 3 is 2.46 bits per heavy atom. The van der Waals surface area contributed by atoms with Crippen LogP contribution in [-0.2, 0) is 9.47 Å². The van der Waals surface area contributed by atoms with Crippen molar-refractivity contribution in [3.63, 3.8) is 0 Å². The molecular formula is C9H20ClNO2. The molecule has 0 aromatic rings. The van der Waals surface area contributed by atoms with Gasteiger partial charge in [-0.15, -0.1) is 11.6 Å². The Hall–Kier alpha value is 0.170. The minimum atomic E-state index is 0.314. The van der Waals surface area contributed by atoms with Crippen molar-refractivity contribution in [1.82, 2.24) is 5.32 Å². The van der Waals surface area contributed by atoms with Crippen molar-refractivity contribution < 1.29 is 9.47 Å². The van der Waals surface area contributed by atoms with Gasteiger partial charge in [0.2, 0.25) is 0 Å². The first kappa shape index (κ1) is 13.2. The van der Waals surface area contributed by atoms with Crippen LogP contribution >= 0.6 is 11.6 Å². The van der Waals surface area contributed by atoms with Gasteiger partial charge in [0.15, 0.2) is 0 Å². The molecule has 80 valence electrons. The van der Waals surface area contributed by atoms with Crippen molar-refractivity contribution in [1.29, 1.82) is 0 Å². The van der Waals surface area contributed by atoms with Crippen LogP contribution in [0, 0.1) is 0 Å². The van der Waals surface area contributed by atoms with E-state index < -0.39 is 0 Å². The molecule has 0 rings (SSSR count). The van der Waals surface area contributed by atoms with Crippen LogP contribution < -0.4 is 5.32 Å². The maximum absolute atomic E-state index is 5.43. The lowest BCUT2D eigenvalue weighted by Gasteiger charge is -2.08. The highest BCUT2D eigenvalue weighted by Crippen LogP contribution is 1.84. The van der Waals surface area contributed by atoms with Gasteiger partial charge >= 0.3 is 0 Å². The molecule has 4 heteroatoms. The Labute approximate surface area is 85.7 Å². The topological polar surface area (TPSA) is 30.5 Å². The molecule has 0 amide bonds. The molecule has 13 heavy (non-hydrogen) atoms. The number of rotatable bonds is 9. The van der Waals surface area contributed by atoms with Crippen LogP contribution in [-0.4, -0.2) is 44.9 Å². The third kappa shape index (κ3) is 12.2. The highest BCUT2D eigenvalue weighted by atomic mass is 35.5. The molecule has 0 aliphatic carbocycles. The zero-order valence-electron chi connectivity index (χ0n) is 8.51. The van der Waals surface area contributed by atoms with E-state index in [1.807, 2.05) is 13.8 Å². The first-order valence-corrected chi connectivity index (χ1v) is 5.27. The largest absolute Gasteiger partial charge is 0.379 e. The molecule has 0 saturated heterocycles. The van der Waals surface area contributed by atoms with Crippen LogP contribution in [0.4, 0.5) is 0 Å². The molecule has 0 aromatic carbocycles. The van der Waals surface area contributed by atoms with Gasteiger partial charge in [0.05, 0.1) is 25.9 Å². The predicted molar refractivity (Wildman–Crippen MR) is 55.5 cm³/mol. The van der Waals surface area contributed by atoms with Crippen molar-refractivity contribution in [2.75, 3.05) is 38.8 Å². The second kappa shape index (κ2) is 10.3. The van der Waals surface area contributed by atoms with E-state index in [2.05, 4.69) is 5.32 Å². The van der Waals surface area contributed by atoms with E-state index in [1.165, 1.54) is 0 Å². The molecule has 0 spiro atoms. The lowest BCUT2D eigenvalue weighted by Crippen LogP contribution is -2.25. The number of hydrogen-bond donors (Lipinski definition) is 1. The zero-order chi connectivity index (χ0) is 9.94. The first-order chi connectivity index (χ1) is 6.27. The Morgan fingerprint density at radius 2 is 1.85 bits per heavy atom. The monoisotopic (exact) mass is 209 g/mol. The minimum absolute atomic E-state index is 0.314. The molecule has 0 fully saturated rings. The average molecular weight is 210 g/mol. The third-order valence-electron chi connectivity index (χ3n) is 1.37. The van der Waals surface area contributed by atoms with E-state index in [4.69, 9.17) is 21.1 Å². The molecular weight excluding hydrogens is 190 g/mol. The standard InChI is InChI=1S/C9H20ClNO2/c1-9(2)13-8-5-11-4-7-12-6-3-10/h9,11H,3-8H2,1-2H3. The van der Waals surface area contributed by atoms with E-state index >= 15 is 0 Å². The van der Waals surface area contributed by atoms with Crippen molar-refractivity contribution in [2.24, 2.45) is 0 Å². The van der Waals surface area contributed by atoms with Crippen LogP contribution in [0.15, 0.2) is 0 Å². The smallest absolute Gasteiger partial charge is 0.0602 e. The van der Waals surface area contributed by atoms with Crippen molar-refractivity contribution in [2.45, 2.75) is 20.0 Å². The van der Waals surface area contributed by atoms with Crippen LogP contribution in [0.5, 0.6) is 0 Å². The van der Waals surface area contributed by atoms with Crippen LogP contribution in [0.1, 0.15) is 13.8 Å². The summed E-state index contributed by atoms with van der Waals surface area (Å²) in [6.07, 6.45) is 0.314. The summed E-state index contributed by atoms with van der Waals surface area (Å²) >= 11 is 5.43. The van der Waals surface area contributed by atoms with Crippen molar-refractivity contribution >= 4 is 11.6 Å². The summed E-state index contributed by atoms with van der Waals surface area (Å²) in [7, 11) is 0. The number of ether oxygens (including phenoxy) is 2. The van der Waals surface area contributed by atoms with Gasteiger partial charge in [-0.05, 0) is 13.8 Å². The summed E-state index contributed by atoms with van der Waals surface area (Å²) in [5, 5.41) is 3.21. The van der Waals surface area contributed by atoms with Gasteiger partial charge in [0.1, 0.15) is 0 Å². The molecule has 0 aromatic heterocycles. The van der Waals surface area contributed by atoms with Gasteiger partial charge in [-0.1, -0.05) is 0 Å². The van der Waals surface area contributed by atoms with E-state index in [0.29, 0.717) is 25.2 Å². The number of nitrogens with one attached hydrogen (secondary N) is 1. The summed E-state index contributed by atoms with van der Waals surface area (Å²) in [5.74, 6) is 0.566. The molecule has 0 aliphatic heterocycles. The summed E-state index contributed by atoms with van der Waals surface area (Å²) in [6, 6.07) is 0. The van der Waals surface area contributed by atoms with Gasteiger partial charge in [0, 0.05) is 19.0 Å². The maximum Gasteiger partial charge on any atom is 0.0602 e. The van der Waals surface area contributed by atoms with E-state index in [-0.39, 0.29) is 0 Å². The summed E-state index contributed by atoms with van der Waals surface area (Å²) in [6.45, 7) is 7.90. The fourth-order valence-electron chi connectivity index (χ4n) is 0.793. The lowest BCUT2D eigenvalue weighted by atomic mass is 10.5. The molecule has 0 saturated carbocycles. The number of halogens is 1. The predicted octanol–water partition coefficient (Wildman–Crippen LogP) is 1.26. The van der Waals surface area contributed by atoms with E-state index in [1.54, 1.807) is 0 Å².